The van der Waals surface area contributed by atoms with Gasteiger partial charge in [0.1, 0.15) is 5.01 Å². The summed E-state index contributed by atoms with van der Waals surface area (Å²) in [5, 5.41) is 3.78. The molecule has 4 rings (SSSR count). The van der Waals surface area contributed by atoms with E-state index in [1.54, 1.807) is 35.6 Å². The zero-order valence-corrected chi connectivity index (χ0v) is 15.5. The number of fused-ring (bicyclic) bond motifs is 1. The van der Waals surface area contributed by atoms with Gasteiger partial charge in [-0.15, -0.1) is 22.7 Å². The van der Waals surface area contributed by atoms with Crippen molar-refractivity contribution in [1.82, 2.24) is 4.98 Å². The minimum Gasteiger partial charge on any atom is -0.321 e. The number of thiophene rings is 1. The zero-order valence-electron chi connectivity index (χ0n) is 13.9. The lowest BCUT2D eigenvalue weighted by molar-refractivity contribution is 0.101. The topological polar surface area (TPSA) is 59.1 Å². The maximum absolute atomic E-state index is 12.5. The minimum atomic E-state index is -0.169. The van der Waals surface area contributed by atoms with Crippen molar-refractivity contribution >= 4 is 50.3 Å². The Labute approximate surface area is 158 Å². The predicted octanol–water partition coefficient (Wildman–Crippen LogP) is 5.48. The molecule has 0 fully saturated rings. The number of benzene rings is 2. The van der Waals surface area contributed by atoms with Crippen LogP contribution in [0.5, 0.6) is 0 Å². The number of thiazole rings is 1. The number of ketones is 1. The summed E-state index contributed by atoms with van der Waals surface area (Å²) in [5.41, 5.74) is 2.25. The molecule has 0 atom stereocenters. The fourth-order valence-electron chi connectivity index (χ4n) is 2.53. The summed E-state index contributed by atoms with van der Waals surface area (Å²) in [6, 6.07) is 18.6. The van der Waals surface area contributed by atoms with Crippen molar-refractivity contribution in [2.75, 3.05) is 5.32 Å². The number of carbonyl (C=O) groups is 2. The molecule has 0 saturated carbocycles. The van der Waals surface area contributed by atoms with Crippen LogP contribution in [0.25, 0.3) is 20.1 Å². The smallest absolute Gasteiger partial charge is 0.265 e. The quantitative estimate of drug-likeness (QED) is 0.478. The second kappa shape index (κ2) is 6.82. The van der Waals surface area contributed by atoms with Gasteiger partial charge in [0.25, 0.3) is 5.91 Å². The van der Waals surface area contributed by atoms with Gasteiger partial charge in [-0.1, -0.05) is 12.1 Å². The van der Waals surface area contributed by atoms with Gasteiger partial charge in [0.2, 0.25) is 0 Å². The molecule has 1 amide bonds. The highest BCUT2D eigenvalue weighted by atomic mass is 32.1. The van der Waals surface area contributed by atoms with Gasteiger partial charge in [-0.05, 0) is 55.5 Å². The maximum Gasteiger partial charge on any atom is 0.265 e. The van der Waals surface area contributed by atoms with Crippen LogP contribution in [0.15, 0.2) is 60.7 Å². The van der Waals surface area contributed by atoms with Gasteiger partial charge < -0.3 is 5.32 Å². The number of Topliss-reactive ketones (excluding diaryl/α,β-unsaturated/α-hetero) is 1. The summed E-state index contributed by atoms with van der Waals surface area (Å²) in [5.74, 6) is -0.167. The van der Waals surface area contributed by atoms with Gasteiger partial charge in [0.15, 0.2) is 5.78 Å². The summed E-state index contributed by atoms with van der Waals surface area (Å²) in [6.07, 6.45) is 0. The number of hydrogen-bond donors (Lipinski definition) is 1. The highest BCUT2D eigenvalue weighted by molar-refractivity contribution is 7.26. The third-order valence-electron chi connectivity index (χ3n) is 3.88. The van der Waals surface area contributed by atoms with E-state index in [2.05, 4.69) is 10.3 Å². The molecule has 6 heteroatoms. The van der Waals surface area contributed by atoms with Gasteiger partial charge >= 0.3 is 0 Å². The van der Waals surface area contributed by atoms with Crippen LogP contribution in [-0.2, 0) is 0 Å². The number of amides is 1. The van der Waals surface area contributed by atoms with Crippen molar-refractivity contribution in [3.8, 4) is 9.88 Å². The molecule has 1 N–H and O–H groups in total. The molecule has 2 aromatic carbocycles. The molecule has 2 aromatic heterocycles. The first kappa shape index (κ1) is 16.6. The Bertz CT molecular complexity index is 1080. The van der Waals surface area contributed by atoms with Crippen LogP contribution < -0.4 is 5.32 Å². The Morgan fingerprint density at radius 2 is 1.69 bits per heavy atom. The van der Waals surface area contributed by atoms with Crippen LogP contribution in [0.2, 0.25) is 0 Å². The Balaban J connectivity index is 1.53. The minimum absolute atomic E-state index is 0.00149. The Morgan fingerprint density at radius 3 is 2.42 bits per heavy atom. The molecule has 0 aliphatic rings. The maximum atomic E-state index is 12.5. The van der Waals surface area contributed by atoms with Gasteiger partial charge in [-0.25, -0.2) is 4.98 Å². The molecule has 0 radical (unpaired) electrons. The van der Waals surface area contributed by atoms with Crippen molar-refractivity contribution in [3.05, 3.63) is 71.1 Å². The number of anilines is 1. The molecule has 4 nitrogen and oxygen atoms in total. The van der Waals surface area contributed by atoms with Gasteiger partial charge in [0, 0.05) is 11.3 Å². The summed E-state index contributed by atoms with van der Waals surface area (Å²) in [7, 11) is 0. The first-order chi connectivity index (χ1) is 12.6. The summed E-state index contributed by atoms with van der Waals surface area (Å²) in [4.78, 5) is 30.0. The summed E-state index contributed by atoms with van der Waals surface area (Å²) < 4.78 is 1.13. The molecule has 2 heterocycles. The average molecular weight is 378 g/mol. The van der Waals surface area contributed by atoms with Crippen LogP contribution in [0.1, 0.15) is 27.0 Å². The van der Waals surface area contributed by atoms with E-state index in [-0.39, 0.29) is 11.7 Å². The normalized spacial score (nSPS) is 10.8. The van der Waals surface area contributed by atoms with Crippen LogP contribution in [0.4, 0.5) is 5.69 Å². The van der Waals surface area contributed by atoms with Crippen molar-refractivity contribution in [3.63, 3.8) is 0 Å². The third kappa shape index (κ3) is 3.29. The zero-order chi connectivity index (χ0) is 18.1. The molecule has 0 spiro atoms. The summed E-state index contributed by atoms with van der Waals surface area (Å²) in [6.45, 7) is 1.52. The van der Waals surface area contributed by atoms with Crippen molar-refractivity contribution in [2.24, 2.45) is 0 Å². The van der Waals surface area contributed by atoms with Crippen molar-refractivity contribution < 1.29 is 9.59 Å². The monoisotopic (exact) mass is 378 g/mol. The Morgan fingerprint density at radius 1 is 0.923 bits per heavy atom. The van der Waals surface area contributed by atoms with Gasteiger partial charge in [-0.3, -0.25) is 9.59 Å². The second-order valence-corrected chi connectivity index (χ2v) is 7.85. The first-order valence-corrected chi connectivity index (χ1v) is 9.61. The fraction of sp³-hybridized carbons (Fsp3) is 0.0500. The SMILES string of the molecule is CC(=O)c1ccc(NC(=O)c2ccc(-c3nc4ccccc4s3)s2)cc1. The molecule has 0 bridgehead atoms. The molecular formula is C20H14N2O2S2. The largest absolute Gasteiger partial charge is 0.321 e. The highest BCUT2D eigenvalue weighted by Gasteiger charge is 2.13. The van der Waals surface area contributed by atoms with Gasteiger partial charge in [0.05, 0.1) is 20.0 Å². The first-order valence-electron chi connectivity index (χ1n) is 7.98. The molecule has 4 aromatic rings. The molecule has 0 aliphatic heterocycles. The highest BCUT2D eigenvalue weighted by Crippen LogP contribution is 2.34. The van der Waals surface area contributed by atoms with E-state index < -0.39 is 0 Å². The molecule has 0 aliphatic carbocycles. The third-order valence-corrected chi connectivity index (χ3v) is 6.17. The Kier molecular flexibility index (Phi) is 4.36. The molecule has 26 heavy (non-hydrogen) atoms. The van der Waals surface area contributed by atoms with E-state index in [9.17, 15) is 9.59 Å². The van der Waals surface area contributed by atoms with E-state index in [1.165, 1.54) is 18.3 Å². The molecule has 128 valence electrons. The number of aromatic nitrogens is 1. The van der Waals surface area contributed by atoms with Crippen LogP contribution >= 0.6 is 22.7 Å². The summed E-state index contributed by atoms with van der Waals surface area (Å²) >= 11 is 3.04. The number of hydrogen-bond acceptors (Lipinski definition) is 5. The number of para-hydroxylation sites is 1. The lowest BCUT2D eigenvalue weighted by Gasteiger charge is -2.04. The number of nitrogens with one attached hydrogen (secondary N) is 1. The van der Waals surface area contributed by atoms with Gasteiger partial charge in [-0.2, -0.15) is 0 Å². The van der Waals surface area contributed by atoms with E-state index in [0.29, 0.717) is 16.1 Å². The van der Waals surface area contributed by atoms with Crippen LogP contribution in [0, 0.1) is 0 Å². The molecular weight excluding hydrogens is 364 g/mol. The average Bonchev–Trinajstić information content (AvgIpc) is 3.29. The molecule has 0 saturated heterocycles. The number of carbonyl (C=O) groups excluding carboxylic acids is 2. The fourth-order valence-corrected chi connectivity index (χ4v) is 4.45. The van der Waals surface area contributed by atoms with Crippen LogP contribution in [-0.4, -0.2) is 16.7 Å². The van der Waals surface area contributed by atoms with E-state index in [0.717, 1.165) is 20.1 Å². The Hall–Kier alpha value is -2.83. The standard InChI is InChI=1S/C20H14N2O2S2/c1-12(23)13-6-8-14(9-7-13)21-19(24)17-10-11-18(25-17)20-22-15-4-2-3-5-16(15)26-20/h2-11H,1H3,(H,21,24). The lowest BCUT2D eigenvalue weighted by atomic mass is 10.1. The van der Waals surface area contributed by atoms with E-state index >= 15 is 0 Å². The predicted molar refractivity (Wildman–Crippen MR) is 107 cm³/mol. The molecule has 0 unspecified atom stereocenters. The van der Waals surface area contributed by atoms with Crippen molar-refractivity contribution in [2.45, 2.75) is 6.92 Å². The van der Waals surface area contributed by atoms with Crippen LogP contribution in [0.3, 0.4) is 0 Å². The lowest BCUT2D eigenvalue weighted by Crippen LogP contribution is -2.10. The second-order valence-electron chi connectivity index (χ2n) is 5.74. The number of rotatable bonds is 4. The van der Waals surface area contributed by atoms with E-state index in [4.69, 9.17) is 0 Å². The number of nitrogens with zero attached hydrogens (tertiary/aromatic N) is 1. The van der Waals surface area contributed by atoms with Crippen molar-refractivity contribution in [1.29, 1.82) is 0 Å². The van der Waals surface area contributed by atoms with E-state index in [1.807, 2.05) is 36.4 Å².